The van der Waals surface area contributed by atoms with Crippen LogP contribution in [-0.2, 0) is 19.1 Å². The van der Waals surface area contributed by atoms with Gasteiger partial charge >= 0.3 is 12.1 Å². The van der Waals surface area contributed by atoms with Gasteiger partial charge in [0.25, 0.3) is 0 Å². The second-order valence-electron chi connectivity index (χ2n) is 13.7. The highest BCUT2D eigenvalue weighted by molar-refractivity contribution is 5.91. The van der Waals surface area contributed by atoms with E-state index in [1.807, 2.05) is 13.0 Å². The molecule has 11 heteroatoms. The number of hydrogen-bond acceptors (Lipinski definition) is 9. The molecule has 2 saturated carbocycles. The van der Waals surface area contributed by atoms with Gasteiger partial charge in [0.15, 0.2) is 0 Å². The van der Waals surface area contributed by atoms with Gasteiger partial charge in [-0.15, -0.1) is 0 Å². The summed E-state index contributed by atoms with van der Waals surface area (Å²) in [6.07, 6.45) is 4.58. The molecule has 2 aliphatic carbocycles. The predicted octanol–water partition coefficient (Wildman–Crippen LogP) is 4.98. The molecule has 1 saturated heterocycles. The number of ether oxygens (including phenoxy) is 5. The zero-order chi connectivity index (χ0) is 31.9. The van der Waals surface area contributed by atoms with Crippen molar-refractivity contribution in [3.63, 3.8) is 0 Å². The van der Waals surface area contributed by atoms with E-state index in [0.717, 1.165) is 55.2 Å². The van der Waals surface area contributed by atoms with Gasteiger partial charge in [-0.3, -0.25) is 4.79 Å². The topological polar surface area (TPSA) is 126 Å². The number of fused-ring (bicyclic) bond motifs is 5. The lowest BCUT2D eigenvalue weighted by molar-refractivity contribution is -0.152. The van der Waals surface area contributed by atoms with E-state index in [9.17, 15) is 14.4 Å². The number of esters is 1. The van der Waals surface area contributed by atoms with E-state index in [-0.39, 0.29) is 42.7 Å². The maximum atomic E-state index is 14.2. The number of carbonyl (C=O) groups is 3. The van der Waals surface area contributed by atoms with E-state index < -0.39 is 30.3 Å². The van der Waals surface area contributed by atoms with Gasteiger partial charge in [-0.05, 0) is 67.4 Å². The van der Waals surface area contributed by atoms with Crippen LogP contribution in [0.5, 0.6) is 17.4 Å². The van der Waals surface area contributed by atoms with Crippen molar-refractivity contribution in [2.24, 2.45) is 17.3 Å². The van der Waals surface area contributed by atoms with Crippen LogP contribution in [0.25, 0.3) is 10.9 Å². The number of rotatable bonds is 5. The molecule has 11 nitrogen and oxygen atoms in total. The quantitative estimate of drug-likeness (QED) is 0.459. The van der Waals surface area contributed by atoms with Crippen LogP contribution < -0.4 is 19.5 Å². The van der Waals surface area contributed by atoms with Crippen molar-refractivity contribution in [3.8, 4) is 17.4 Å². The van der Waals surface area contributed by atoms with Crippen LogP contribution in [0.4, 0.5) is 4.79 Å². The maximum absolute atomic E-state index is 14.2. The highest BCUT2D eigenvalue weighted by Gasteiger charge is 2.47. The van der Waals surface area contributed by atoms with Crippen molar-refractivity contribution in [3.05, 3.63) is 23.8 Å². The van der Waals surface area contributed by atoms with Crippen LogP contribution in [0.2, 0.25) is 0 Å². The standard InChI is InChI=1S/C34H45N3O8/c1-6-43-29-15-28-24-13-23(27(41-4)14-25(24)35-29)22-11-20(22)16-34(2,3)18-44-33(40)36-30(19-9-7-8-10-19)31(38)37-17-21(45-28)12-26(37)32(39)42-5/h13-15,19-22,26,30H,6-12,16-18H2,1-5H3,(H,36,40)/t20-,21+,22+,26-,30-/m0/s1. The minimum absolute atomic E-state index is 0.0413. The number of nitrogens with one attached hydrogen (secondary N) is 1. The van der Waals surface area contributed by atoms with Crippen LogP contribution in [0.15, 0.2) is 18.2 Å². The molecule has 244 valence electrons. The number of pyridine rings is 1. The molecule has 0 unspecified atom stereocenters. The Bertz CT molecular complexity index is 1450. The van der Waals surface area contributed by atoms with Crippen molar-refractivity contribution in [2.45, 2.75) is 89.8 Å². The van der Waals surface area contributed by atoms with Gasteiger partial charge in [0.05, 0.1) is 39.5 Å². The molecule has 45 heavy (non-hydrogen) atoms. The Morgan fingerprint density at radius 1 is 1.11 bits per heavy atom. The molecule has 3 fully saturated rings. The summed E-state index contributed by atoms with van der Waals surface area (Å²) < 4.78 is 29.2. The summed E-state index contributed by atoms with van der Waals surface area (Å²) in [6, 6.07) is 4.16. The zero-order valence-electron chi connectivity index (χ0n) is 26.9. The lowest BCUT2D eigenvalue weighted by Crippen LogP contribution is -2.54. The molecular formula is C34H45N3O8. The summed E-state index contributed by atoms with van der Waals surface area (Å²) in [5.41, 5.74) is 1.48. The molecule has 1 aromatic carbocycles. The molecule has 0 radical (unpaired) electrons. The second kappa shape index (κ2) is 12.6. The minimum Gasteiger partial charge on any atom is -0.496 e. The van der Waals surface area contributed by atoms with E-state index in [0.29, 0.717) is 29.7 Å². The summed E-state index contributed by atoms with van der Waals surface area (Å²) >= 11 is 0. The fourth-order valence-corrected chi connectivity index (χ4v) is 7.57. The first-order valence-corrected chi connectivity index (χ1v) is 16.2. The molecule has 2 amide bonds. The number of benzene rings is 1. The Morgan fingerprint density at radius 3 is 2.60 bits per heavy atom. The Labute approximate surface area is 264 Å². The molecular weight excluding hydrogens is 578 g/mol. The van der Waals surface area contributed by atoms with E-state index in [1.165, 1.54) is 12.0 Å². The van der Waals surface area contributed by atoms with Crippen molar-refractivity contribution in [1.82, 2.24) is 15.2 Å². The number of carbonyl (C=O) groups excluding carboxylic acids is 3. The number of alkyl carbamates (subject to hydrolysis) is 1. The number of hydrogen-bond donors (Lipinski definition) is 1. The number of methoxy groups -OCH3 is 2. The molecule has 1 N–H and O–H groups in total. The van der Waals surface area contributed by atoms with Crippen molar-refractivity contribution in [2.75, 3.05) is 34.0 Å². The van der Waals surface area contributed by atoms with Gasteiger partial charge in [-0.2, -0.15) is 0 Å². The third kappa shape index (κ3) is 6.49. The summed E-state index contributed by atoms with van der Waals surface area (Å²) in [4.78, 5) is 46.7. The fraction of sp³-hybridized carbons (Fsp3) is 0.647. The smallest absolute Gasteiger partial charge is 0.407 e. The Kier molecular flexibility index (Phi) is 8.72. The van der Waals surface area contributed by atoms with Gasteiger partial charge in [0, 0.05) is 23.9 Å². The summed E-state index contributed by atoms with van der Waals surface area (Å²) in [6.45, 7) is 6.91. The lowest BCUT2D eigenvalue weighted by Gasteiger charge is -2.31. The first kappa shape index (κ1) is 31.2. The predicted molar refractivity (Wildman–Crippen MR) is 165 cm³/mol. The van der Waals surface area contributed by atoms with E-state index in [2.05, 4.69) is 25.2 Å². The fourth-order valence-electron chi connectivity index (χ4n) is 7.57. The summed E-state index contributed by atoms with van der Waals surface area (Å²) in [5.74, 6) is 1.55. The van der Waals surface area contributed by atoms with E-state index in [4.69, 9.17) is 28.7 Å². The van der Waals surface area contributed by atoms with Crippen LogP contribution >= 0.6 is 0 Å². The number of amides is 2. The Morgan fingerprint density at radius 2 is 1.89 bits per heavy atom. The highest BCUT2D eigenvalue weighted by Crippen LogP contribution is 2.56. The molecule has 2 aromatic rings. The summed E-state index contributed by atoms with van der Waals surface area (Å²) in [7, 11) is 2.98. The van der Waals surface area contributed by atoms with Gasteiger partial charge < -0.3 is 33.9 Å². The van der Waals surface area contributed by atoms with Crippen LogP contribution in [-0.4, -0.2) is 80.0 Å². The largest absolute Gasteiger partial charge is 0.496 e. The minimum atomic E-state index is -0.849. The summed E-state index contributed by atoms with van der Waals surface area (Å²) in [5, 5.41) is 3.72. The SMILES string of the molecule is CCOc1cc2c3cc(c(OC)cc3n1)[C@@H]1C[C@H]1CC(C)(C)COC(=O)N[C@@H](C1CCCC1)C(=O)N1C[C@@H](C[C@H]1C(=O)OC)O2. The lowest BCUT2D eigenvalue weighted by atomic mass is 9.87. The number of aromatic nitrogens is 1. The third-order valence-corrected chi connectivity index (χ3v) is 9.85. The van der Waals surface area contributed by atoms with Crippen LogP contribution in [0, 0.1) is 17.3 Å². The zero-order valence-corrected chi connectivity index (χ0v) is 26.9. The van der Waals surface area contributed by atoms with Crippen molar-refractivity contribution >= 4 is 28.9 Å². The number of nitrogens with zero attached hydrogens (tertiary/aromatic N) is 2. The van der Waals surface area contributed by atoms with Gasteiger partial charge in [0.1, 0.15) is 29.7 Å². The number of cyclic esters (lactones) is 1. The normalized spacial score (nSPS) is 28.4. The van der Waals surface area contributed by atoms with Crippen molar-refractivity contribution in [1.29, 1.82) is 0 Å². The molecule has 3 heterocycles. The van der Waals surface area contributed by atoms with E-state index in [1.54, 1.807) is 13.2 Å². The van der Waals surface area contributed by atoms with Crippen LogP contribution in [0.3, 0.4) is 0 Å². The monoisotopic (exact) mass is 623 g/mol. The molecule has 4 aliphatic rings. The van der Waals surface area contributed by atoms with Crippen LogP contribution in [0.1, 0.15) is 77.2 Å². The first-order valence-electron chi connectivity index (χ1n) is 16.2. The molecule has 6 rings (SSSR count). The average molecular weight is 624 g/mol. The third-order valence-electron chi connectivity index (χ3n) is 9.85. The van der Waals surface area contributed by atoms with Crippen molar-refractivity contribution < 1.29 is 38.1 Å². The molecule has 1 aromatic heterocycles. The van der Waals surface area contributed by atoms with Gasteiger partial charge in [-0.25, -0.2) is 14.6 Å². The molecule has 2 aliphatic heterocycles. The molecule has 5 atom stereocenters. The maximum Gasteiger partial charge on any atom is 0.407 e. The first-order chi connectivity index (χ1) is 21.6. The Balaban J connectivity index is 1.42. The van der Waals surface area contributed by atoms with Gasteiger partial charge in [-0.1, -0.05) is 26.7 Å². The van der Waals surface area contributed by atoms with Gasteiger partial charge in [0.2, 0.25) is 11.8 Å². The highest BCUT2D eigenvalue weighted by atomic mass is 16.6. The van der Waals surface area contributed by atoms with E-state index >= 15 is 0 Å². The average Bonchev–Trinajstić information content (AvgIpc) is 3.36. The second-order valence-corrected chi connectivity index (χ2v) is 13.7. The Hall–Kier alpha value is -3.76. The molecule has 0 spiro atoms. The molecule has 4 bridgehead atoms.